The van der Waals surface area contributed by atoms with E-state index < -0.39 is 21.4 Å². The predicted octanol–water partition coefficient (Wildman–Crippen LogP) is 2.18. The van der Waals surface area contributed by atoms with Crippen molar-refractivity contribution in [3.63, 3.8) is 0 Å². The van der Waals surface area contributed by atoms with Crippen molar-refractivity contribution < 1.29 is 22.7 Å². The van der Waals surface area contributed by atoms with Crippen LogP contribution in [0, 0.1) is 12.7 Å². The number of phenolic OH excluding ortho intramolecular Hbond substituents is 1. The van der Waals surface area contributed by atoms with E-state index in [1.54, 1.807) is 17.7 Å². The second kappa shape index (κ2) is 6.12. The fourth-order valence-electron chi connectivity index (χ4n) is 3.36. The number of halogens is 1. The number of carbonyl (C=O) groups is 1. The molecule has 0 unspecified atom stereocenters. The molecule has 0 saturated carbocycles. The molecule has 0 bridgehead atoms. The van der Waals surface area contributed by atoms with Gasteiger partial charge in [0.1, 0.15) is 11.6 Å². The molecule has 0 radical (unpaired) electrons. The number of benzene rings is 1. The molecule has 1 fully saturated rings. The highest BCUT2D eigenvalue weighted by atomic mass is 32.2. The molecule has 1 aliphatic rings. The lowest BCUT2D eigenvalue weighted by Crippen LogP contribution is -2.13. The van der Waals surface area contributed by atoms with Crippen molar-refractivity contribution in [2.45, 2.75) is 19.4 Å². The number of hydrogen-bond donors (Lipinski definition) is 1. The molecular formula is C18H16FN3O4S. The zero-order valence-corrected chi connectivity index (χ0v) is 15.2. The highest BCUT2D eigenvalue weighted by Crippen LogP contribution is 2.29. The van der Waals surface area contributed by atoms with Crippen LogP contribution in [0.5, 0.6) is 5.75 Å². The average Bonchev–Trinajstić information content (AvgIpc) is 3.15. The molecule has 7 nitrogen and oxygen atoms in total. The number of hydrogen-bond acceptors (Lipinski definition) is 6. The van der Waals surface area contributed by atoms with E-state index in [9.17, 15) is 22.7 Å². The number of phenols is 1. The summed E-state index contributed by atoms with van der Waals surface area (Å²) in [7, 11) is -3.08. The van der Waals surface area contributed by atoms with Crippen molar-refractivity contribution in [3.8, 4) is 5.75 Å². The molecule has 3 aromatic rings. The third-order valence-electron chi connectivity index (χ3n) is 4.75. The second-order valence-electron chi connectivity index (χ2n) is 6.67. The number of aryl methyl sites for hydroxylation is 1. The van der Waals surface area contributed by atoms with Crippen molar-refractivity contribution in [2.24, 2.45) is 0 Å². The predicted molar refractivity (Wildman–Crippen MR) is 96.1 cm³/mol. The number of nitrogens with zero attached hydrogens (tertiary/aromatic N) is 3. The van der Waals surface area contributed by atoms with Gasteiger partial charge in [-0.05, 0) is 37.6 Å². The summed E-state index contributed by atoms with van der Waals surface area (Å²) in [6.07, 6.45) is 1.80. The van der Waals surface area contributed by atoms with Crippen LogP contribution < -0.4 is 0 Å². The van der Waals surface area contributed by atoms with Crippen LogP contribution >= 0.6 is 0 Å². The summed E-state index contributed by atoms with van der Waals surface area (Å²) in [5, 5.41) is 14.9. The number of pyridine rings is 1. The van der Waals surface area contributed by atoms with Crippen LogP contribution in [0.4, 0.5) is 4.39 Å². The number of carbonyl (C=O) groups excluding carboxylic acids is 1. The SMILES string of the molecule is Cc1nn([C@@H]2CCS(=O)(=O)C2)c2ncc(C(=O)c3cc(F)ccc3O)cc12. The van der Waals surface area contributed by atoms with E-state index in [0.29, 0.717) is 23.1 Å². The lowest BCUT2D eigenvalue weighted by atomic mass is 10.0. The standard InChI is InChI=1S/C18H16FN3O4S/c1-10-14-6-11(17(24)15-7-12(19)2-3-16(15)23)8-20-18(14)22(21-10)13-4-5-27(25,26)9-13/h2-3,6-8,13,23H,4-5,9H2,1H3/t13-/m1/s1. The molecule has 1 aromatic carbocycles. The molecule has 1 aliphatic heterocycles. The first-order chi connectivity index (χ1) is 12.7. The second-order valence-corrected chi connectivity index (χ2v) is 8.90. The first-order valence-corrected chi connectivity index (χ1v) is 10.2. The Balaban J connectivity index is 1.76. The number of fused-ring (bicyclic) bond motifs is 1. The summed E-state index contributed by atoms with van der Waals surface area (Å²) in [5.74, 6) is -1.37. The highest BCUT2D eigenvalue weighted by molar-refractivity contribution is 7.91. The Hall–Kier alpha value is -2.81. The van der Waals surface area contributed by atoms with Crippen LogP contribution in [-0.2, 0) is 9.84 Å². The van der Waals surface area contributed by atoms with E-state index in [0.717, 1.165) is 18.2 Å². The van der Waals surface area contributed by atoms with Crippen molar-refractivity contribution in [1.82, 2.24) is 14.8 Å². The quantitative estimate of drug-likeness (QED) is 0.689. The summed E-state index contributed by atoms with van der Waals surface area (Å²) in [4.78, 5) is 17.0. The molecule has 1 saturated heterocycles. The minimum Gasteiger partial charge on any atom is -0.507 e. The Bertz CT molecular complexity index is 1190. The maximum Gasteiger partial charge on any atom is 0.198 e. The van der Waals surface area contributed by atoms with Gasteiger partial charge >= 0.3 is 0 Å². The number of sulfone groups is 1. The number of ketones is 1. The van der Waals surface area contributed by atoms with E-state index in [-0.39, 0.29) is 34.4 Å². The molecule has 140 valence electrons. The normalized spacial score (nSPS) is 18.8. The van der Waals surface area contributed by atoms with E-state index in [4.69, 9.17) is 0 Å². The van der Waals surface area contributed by atoms with Gasteiger partial charge < -0.3 is 5.11 Å². The summed E-state index contributed by atoms with van der Waals surface area (Å²) >= 11 is 0. The van der Waals surface area contributed by atoms with Crippen LogP contribution in [0.15, 0.2) is 30.5 Å². The van der Waals surface area contributed by atoms with E-state index in [1.165, 1.54) is 6.20 Å². The average molecular weight is 389 g/mol. The molecule has 1 N–H and O–H groups in total. The lowest BCUT2D eigenvalue weighted by Gasteiger charge is -2.09. The van der Waals surface area contributed by atoms with Gasteiger partial charge in [-0.15, -0.1) is 0 Å². The maximum absolute atomic E-state index is 13.4. The first kappa shape index (κ1) is 17.6. The summed E-state index contributed by atoms with van der Waals surface area (Å²) in [6.45, 7) is 1.75. The minimum absolute atomic E-state index is 0.0166. The van der Waals surface area contributed by atoms with Gasteiger partial charge in [0.2, 0.25) is 0 Å². The van der Waals surface area contributed by atoms with E-state index in [2.05, 4.69) is 10.1 Å². The molecule has 9 heteroatoms. The Morgan fingerprint density at radius 1 is 1.33 bits per heavy atom. The van der Waals surface area contributed by atoms with Crippen molar-refractivity contribution >= 4 is 26.7 Å². The molecule has 0 spiro atoms. The molecule has 0 amide bonds. The summed E-state index contributed by atoms with van der Waals surface area (Å²) < 4.78 is 38.6. The van der Waals surface area contributed by atoms with Crippen LogP contribution in [0.3, 0.4) is 0 Å². The fraction of sp³-hybridized carbons (Fsp3) is 0.278. The van der Waals surface area contributed by atoms with E-state index >= 15 is 0 Å². The Morgan fingerprint density at radius 3 is 2.81 bits per heavy atom. The van der Waals surface area contributed by atoms with Gasteiger partial charge in [0.15, 0.2) is 21.3 Å². The summed E-state index contributed by atoms with van der Waals surface area (Å²) in [6, 6.07) is 4.46. The number of aromatic hydroxyl groups is 1. The van der Waals surface area contributed by atoms with Crippen LogP contribution in [0.1, 0.15) is 34.1 Å². The molecule has 0 aliphatic carbocycles. The van der Waals surface area contributed by atoms with Gasteiger partial charge in [-0.25, -0.2) is 22.5 Å². The maximum atomic E-state index is 13.4. The van der Waals surface area contributed by atoms with Gasteiger partial charge in [0, 0.05) is 17.1 Å². The third kappa shape index (κ3) is 3.08. The van der Waals surface area contributed by atoms with Crippen LogP contribution in [-0.4, -0.2) is 45.6 Å². The lowest BCUT2D eigenvalue weighted by molar-refractivity contribution is 0.103. The Labute approximate surface area is 154 Å². The smallest absolute Gasteiger partial charge is 0.198 e. The minimum atomic E-state index is -3.08. The largest absolute Gasteiger partial charge is 0.507 e. The van der Waals surface area contributed by atoms with Crippen molar-refractivity contribution in [3.05, 3.63) is 53.1 Å². The third-order valence-corrected chi connectivity index (χ3v) is 6.50. The van der Waals surface area contributed by atoms with Gasteiger partial charge in [-0.2, -0.15) is 5.10 Å². The Kier molecular flexibility index (Phi) is 3.99. The summed E-state index contributed by atoms with van der Waals surface area (Å²) in [5.41, 5.74) is 1.14. The fourth-order valence-corrected chi connectivity index (χ4v) is 5.05. The molecule has 3 heterocycles. The van der Waals surface area contributed by atoms with Gasteiger partial charge in [-0.3, -0.25) is 4.79 Å². The van der Waals surface area contributed by atoms with Gasteiger partial charge in [-0.1, -0.05) is 0 Å². The van der Waals surface area contributed by atoms with Crippen molar-refractivity contribution in [2.75, 3.05) is 11.5 Å². The molecule has 2 aromatic heterocycles. The zero-order valence-electron chi connectivity index (χ0n) is 14.4. The van der Waals surface area contributed by atoms with Crippen LogP contribution in [0.2, 0.25) is 0 Å². The van der Waals surface area contributed by atoms with E-state index in [1.807, 2.05) is 0 Å². The van der Waals surface area contributed by atoms with Gasteiger partial charge in [0.25, 0.3) is 0 Å². The molecule has 1 atom stereocenters. The number of aromatic nitrogens is 3. The Morgan fingerprint density at radius 2 is 2.11 bits per heavy atom. The zero-order chi connectivity index (χ0) is 19.3. The topological polar surface area (TPSA) is 102 Å². The van der Waals surface area contributed by atoms with Crippen molar-refractivity contribution in [1.29, 1.82) is 0 Å². The molecule has 4 rings (SSSR count). The number of rotatable bonds is 3. The molecular weight excluding hydrogens is 373 g/mol. The first-order valence-electron chi connectivity index (χ1n) is 8.34. The molecule has 27 heavy (non-hydrogen) atoms. The van der Waals surface area contributed by atoms with Crippen LogP contribution in [0.25, 0.3) is 11.0 Å². The van der Waals surface area contributed by atoms with Gasteiger partial charge in [0.05, 0.1) is 28.8 Å². The monoisotopic (exact) mass is 389 g/mol. The highest BCUT2D eigenvalue weighted by Gasteiger charge is 2.31.